The number of hydrogen-bond donors (Lipinski definition) is 2. The van der Waals surface area contributed by atoms with Gasteiger partial charge >= 0.3 is 5.97 Å². The first-order valence-corrected chi connectivity index (χ1v) is 5.57. The summed E-state index contributed by atoms with van der Waals surface area (Å²) in [5.74, 6) is -1.75. The van der Waals surface area contributed by atoms with Crippen molar-refractivity contribution in [2.24, 2.45) is 0 Å². The zero-order chi connectivity index (χ0) is 14.7. The van der Waals surface area contributed by atoms with E-state index in [9.17, 15) is 13.6 Å². The van der Waals surface area contributed by atoms with Crippen molar-refractivity contribution in [3.63, 3.8) is 0 Å². The number of nitrogen functional groups attached to an aromatic ring is 1. The summed E-state index contributed by atoms with van der Waals surface area (Å²) in [4.78, 5) is 15.4. The zero-order valence-corrected chi connectivity index (χ0v) is 10.5. The van der Waals surface area contributed by atoms with E-state index in [2.05, 4.69) is 15.0 Å². The third kappa shape index (κ3) is 2.82. The number of rotatable bonds is 3. The zero-order valence-electron chi connectivity index (χ0n) is 10.5. The Hall–Kier alpha value is -2.70. The highest BCUT2D eigenvalue weighted by atomic mass is 19.1. The lowest BCUT2D eigenvalue weighted by Gasteiger charge is -2.09. The van der Waals surface area contributed by atoms with Gasteiger partial charge in [0.2, 0.25) is 0 Å². The first-order valence-electron chi connectivity index (χ1n) is 5.57. The molecule has 1 aromatic carbocycles. The summed E-state index contributed by atoms with van der Waals surface area (Å²) in [5.41, 5.74) is 5.70. The van der Waals surface area contributed by atoms with Gasteiger partial charge in [-0.25, -0.2) is 18.6 Å². The van der Waals surface area contributed by atoms with Crippen molar-refractivity contribution < 1.29 is 18.3 Å². The van der Waals surface area contributed by atoms with Gasteiger partial charge in [-0.05, 0) is 18.2 Å². The third-order valence-electron chi connectivity index (χ3n) is 2.53. The Balaban J connectivity index is 2.34. The fourth-order valence-corrected chi connectivity index (χ4v) is 1.55. The molecule has 0 radical (unpaired) electrons. The molecule has 3 N–H and O–H groups in total. The fourth-order valence-electron chi connectivity index (χ4n) is 1.55. The van der Waals surface area contributed by atoms with Gasteiger partial charge < -0.3 is 15.8 Å². The molecule has 0 saturated heterocycles. The van der Waals surface area contributed by atoms with Gasteiger partial charge in [0, 0.05) is 6.07 Å². The number of benzene rings is 1. The minimum Gasteiger partial charge on any atom is -0.465 e. The number of anilines is 3. The van der Waals surface area contributed by atoms with Crippen LogP contribution >= 0.6 is 0 Å². The molecule has 1 heterocycles. The lowest BCUT2D eigenvalue weighted by atomic mass is 10.2. The van der Waals surface area contributed by atoms with Crippen molar-refractivity contribution >= 4 is 23.2 Å². The van der Waals surface area contributed by atoms with E-state index in [1.54, 1.807) is 0 Å². The summed E-state index contributed by atoms with van der Waals surface area (Å²) >= 11 is 0. The van der Waals surface area contributed by atoms with Crippen LogP contribution < -0.4 is 11.1 Å². The standard InChI is InChI=1S/C13H11F2N3O2/c1-20-13(19)8-5-12(17-6-10(8)16)18-11-4-7(14)2-3-9(11)15/h2-6H,16H2,1H3,(H,17,18). The van der Waals surface area contributed by atoms with Crippen molar-refractivity contribution in [2.75, 3.05) is 18.2 Å². The molecule has 20 heavy (non-hydrogen) atoms. The number of nitrogens with one attached hydrogen (secondary N) is 1. The van der Waals surface area contributed by atoms with Gasteiger partial charge in [0.1, 0.15) is 17.5 Å². The normalized spacial score (nSPS) is 10.2. The molecule has 0 spiro atoms. The Labute approximate surface area is 113 Å². The van der Waals surface area contributed by atoms with Crippen molar-refractivity contribution in [3.05, 3.63) is 47.7 Å². The molecule has 0 aliphatic heterocycles. The average molecular weight is 279 g/mol. The minimum atomic E-state index is -0.648. The second kappa shape index (κ2) is 5.52. The molecule has 1 aromatic heterocycles. The molecule has 0 fully saturated rings. The number of nitrogens with zero attached hydrogens (tertiary/aromatic N) is 1. The lowest BCUT2D eigenvalue weighted by molar-refractivity contribution is 0.0602. The van der Waals surface area contributed by atoms with Gasteiger partial charge in [-0.3, -0.25) is 0 Å². The Bertz CT molecular complexity index is 662. The highest BCUT2D eigenvalue weighted by molar-refractivity contribution is 5.95. The lowest BCUT2D eigenvalue weighted by Crippen LogP contribution is -2.07. The smallest absolute Gasteiger partial charge is 0.340 e. The predicted octanol–water partition coefficient (Wildman–Crippen LogP) is 2.47. The van der Waals surface area contributed by atoms with Crippen LogP contribution in [0.1, 0.15) is 10.4 Å². The van der Waals surface area contributed by atoms with E-state index in [0.29, 0.717) is 0 Å². The molecule has 104 valence electrons. The molecule has 0 bridgehead atoms. The summed E-state index contributed by atoms with van der Waals surface area (Å²) < 4.78 is 31.1. The van der Waals surface area contributed by atoms with Gasteiger partial charge in [-0.2, -0.15) is 0 Å². The van der Waals surface area contributed by atoms with E-state index in [4.69, 9.17) is 5.73 Å². The molecule has 0 saturated carbocycles. The number of hydrogen-bond acceptors (Lipinski definition) is 5. The summed E-state index contributed by atoms with van der Waals surface area (Å²) in [5, 5.41) is 2.57. The van der Waals surface area contributed by atoms with Crippen molar-refractivity contribution in [1.82, 2.24) is 4.98 Å². The van der Waals surface area contributed by atoms with E-state index in [0.717, 1.165) is 18.2 Å². The third-order valence-corrected chi connectivity index (χ3v) is 2.53. The number of carbonyl (C=O) groups excluding carboxylic acids is 1. The van der Waals surface area contributed by atoms with E-state index in [1.165, 1.54) is 19.4 Å². The molecule has 5 nitrogen and oxygen atoms in total. The van der Waals surface area contributed by atoms with Gasteiger partial charge in [-0.1, -0.05) is 0 Å². The first kappa shape index (κ1) is 13.7. The second-order valence-corrected chi connectivity index (χ2v) is 3.90. The maximum Gasteiger partial charge on any atom is 0.340 e. The molecule has 0 aliphatic rings. The summed E-state index contributed by atoms with van der Waals surface area (Å²) in [7, 11) is 1.21. The highest BCUT2D eigenvalue weighted by Crippen LogP contribution is 2.22. The van der Waals surface area contributed by atoms with Crippen LogP contribution in [-0.4, -0.2) is 18.1 Å². The van der Waals surface area contributed by atoms with Crippen LogP contribution in [0.3, 0.4) is 0 Å². The van der Waals surface area contributed by atoms with Crippen LogP contribution in [-0.2, 0) is 4.74 Å². The SMILES string of the molecule is COC(=O)c1cc(Nc2cc(F)ccc2F)ncc1N. The van der Waals surface area contributed by atoms with E-state index in [1.807, 2.05) is 0 Å². The van der Waals surface area contributed by atoms with Gasteiger partial charge in [0.05, 0.1) is 30.2 Å². The van der Waals surface area contributed by atoms with Crippen LogP contribution in [0.2, 0.25) is 0 Å². The molecular weight excluding hydrogens is 268 g/mol. The molecule has 2 rings (SSSR count). The number of ether oxygens (including phenoxy) is 1. The quantitative estimate of drug-likeness (QED) is 0.844. The molecule has 0 unspecified atom stereocenters. The highest BCUT2D eigenvalue weighted by Gasteiger charge is 2.12. The Morgan fingerprint density at radius 2 is 2.10 bits per heavy atom. The Morgan fingerprint density at radius 3 is 2.80 bits per heavy atom. The molecule has 0 aliphatic carbocycles. The predicted molar refractivity (Wildman–Crippen MR) is 69.6 cm³/mol. The molecule has 0 atom stereocenters. The number of methoxy groups -OCH3 is 1. The van der Waals surface area contributed by atoms with Crippen molar-refractivity contribution in [2.45, 2.75) is 0 Å². The number of carbonyl (C=O) groups is 1. The van der Waals surface area contributed by atoms with Crippen LogP contribution in [0.25, 0.3) is 0 Å². The van der Waals surface area contributed by atoms with E-state index in [-0.39, 0.29) is 22.8 Å². The number of nitrogens with two attached hydrogens (primary N) is 1. The summed E-state index contributed by atoms with van der Waals surface area (Å²) in [6.45, 7) is 0. The van der Waals surface area contributed by atoms with Gasteiger partial charge in [-0.15, -0.1) is 0 Å². The van der Waals surface area contributed by atoms with Crippen LogP contribution in [0.15, 0.2) is 30.5 Å². The second-order valence-electron chi connectivity index (χ2n) is 3.90. The Kier molecular flexibility index (Phi) is 3.79. The van der Waals surface area contributed by atoms with Crippen molar-refractivity contribution in [3.8, 4) is 0 Å². The molecule has 2 aromatic rings. The first-order chi connectivity index (χ1) is 9.51. The molecule has 7 heteroatoms. The maximum atomic E-state index is 13.5. The largest absolute Gasteiger partial charge is 0.465 e. The van der Waals surface area contributed by atoms with E-state index < -0.39 is 17.6 Å². The molecular formula is C13H11F2N3O2. The van der Waals surface area contributed by atoms with Gasteiger partial charge in [0.25, 0.3) is 0 Å². The van der Waals surface area contributed by atoms with E-state index >= 15 is 0 Å². The Morgan fingerprint density at radius 1 is 1.35 bits per heavy atom. The van der Waals surface area contributed by atoms with Crippen LogP contribution in [0, 0.1) is 11.6 Å². The number of halogens is 2. The fraction of sp³-hybridized carbons (Fsp3) is 0.0769. The summed E-state index contributed by atoms with van der Waals surface area (Å²) in [6, 6.07) is 4.25. The van der Waals surface area contributed by atoms with Crippen LogP contribution in [0.5, 0.6) is 0 Å². The average Bonchev–Trinajstić information content (AvgIpc) is 2.44. The number of esters is 1. The monoisotopic (exact) mass is 279 g/mol. The summed E-state index contributed by atoms with van der Waals surface area (Å²) in [6.07, 6.45) is 1.23. The van der Waals surface area contributed by atoms with Crippen molar-refractivity contribution in [1.29, 1.82) is 0 Å². The number of aromatic nitrogens is 1. The van der Waals surface area contributed by atoms with Gasteiger partial charge in [0.15, 0.2) is 0 Å². The maximum absolute atomic E-state index is 13.5. The minimum absolute atomic E-state index is 0.0850. The topological polar surface area (TPSA) is 77.2 Å². The van der Waals surface area contributed by atoms with Crippen LogP contribution in [0.4, 0.5) is 26.0 Å². The molecule has 0 amide bonds. The number of pyridine rings is 1.